The van der Waals surface area contributed by atoms with Gasteiger partial charge in [0.15, 0.2) is 5.82 Å². The molecule has 0 aromatic carbocycles. The summed E-state index contributed by atoms with van der Waals surface area (Å²) >= 11 is 0. The summed E-state index contributed by atoms with van der Waals surface area (Å²) in [5.74, 6) is 7.32. The molecule has 1 aliphatic rings. The van der Waals surface area contributed by atoms with Crippen LogP contribution in [-0.4, -0.2) is 16.5 Å². The number of anilines is 1. The maximum absolute atomic E-state index is 5.85. The molecule has 6 heteroatoms. The van der Waals surface area contributed by atoms with Gasteiger partial charge in [0.1, 0.15) is 5.82 Å². The van der Waals surface area contributed by atoms with Crippen LogP contribution in [0.3, 0.4) is 0 Å². The van der Waals surface area contributed by atoms with Gasteiger partial charge in [0.05, 0.1) is 5.69 Å². The van der Waals surface area contributed by atoms with Gasteiger partial charge in [-0.1, -0.05) is 0 Å². The molecular formula is C10H16N6. The van der Waals surface area contributed by atoms with E-state index in [1.54, 1.807) is 6.20 Å². The molecule has 86 valence electrons. The molecule has 1 aromatic heterocycles. The SMILES string of the molecule is Cc1nc2c(c(N(N)/C=C\N)n1)CCNC2. The van der Waals surface area contributed by atoms with Crippen molar-refractivity contribution in [2.75, 3.05) is 11.6 Å². The first-order valence-electron chi connectivity index (χ1n) is 5.22. The van der Waals surface area contributed by atoms with E-state index in [-0.39, 0.29) is 0 Å². The average molecular weight is 220 g/mol. The van der Waals surface area contributed by atoms with Gasteiger partial charge in [0.2, 0.25) is 0 Å². The highest BCUT2D eigenvalue weighted by Crippen LogP contribution is 2.22. The predicted molar refractivity (Wildman–Crippen MR) is 62.2 cm³/mol. The number of nitrogens with one attached hydrogen (secondary N) is 1. The Bertz CT molecular complexity index is 414. The van der Waals surface area contributed by atoms with Crippen molar-refractivity contribution in [2.24, 2.45) is 11.6 Å². The first kappa shape index (κ1) is 10.8. The molecule has 5 N–H and O–H groups in total. The van der Waals surface area contributed by atoms with Crippen molar-refractivity contribution in [3.8, 4) is 0 Å². The zero-order chi connectivity index (χ0) is 11.5. The molecule has 0 saturated carbocycles. The van der Waals surface area contributed by atoms with E-state index in [1.807, 2.05) is 6.92 Å². The van der Waals surface area contributed by atoms with Gasteiger partial charge in [-0.15, -0.1) is 0 Å². The minimum atomic E-state index is 0.721. The smallest absolute Gasteiger partial charge is 0.154 e. The van der Waals surface area contributed by atoms with Gasteiger partial charge >= 0.3 is 0 Å². The zero-order valence-electron chi connectivity index (χ0n) is 9.27. The highest BCUT2D eigenvalue weighted by molar-refractivity contribution is 5.51. The highest BCUT2D eigenvalue weighted by Gasteiger charge is 2.18. The van der Waals surface area contributed by atoms with Gasteiger partial charge in [0, 0.05) is 24.5 Å². The van der Waals surface area contributed by atoms with Crippen molar-refractivity contribution in [1.82, 2.24) is 15.3 Å². The van der Waals surface area contributed by atoms with Gasteiger partial charge < -0.3 is 11.1 Å². The fourth-order valence-corrected chi connectivity index (χ4v) is 1.84. The van der Waals surface area contributed by atoms with E-state index >= 15 is 0 Å². The summed E-state index contributed by atoms with van der Waals surface area (Å²) in [6, 6.07) is 0. The van der Waals surface area contributed by atoms with Crippen molar-refractivity contribution < 1.29 is 0 Å². The zero-order valence-corrected chi connectivity index (χ0v) is 9.27. The minimum Gasteiger partial charge on any atom is -0.403 e. The molecule has 0 atom stereocenters. The van der Waals surface area contributed by atoms with Gasteiger partial charge in [-0.25, -0.2) is 15.8 Å². The van der Waals surface area contributed by atoms with Crippen molar-refractivity contribution in [3.05, 3.63) is 29.5 Å². The van der Waals surface area contributed by atoms with E-state index in [2.05, 4.69) is 15.3 Å². The highest BCUT2D eigenvalue weighted by atomic mass is 15.4. The number of aryl methyl sites for hydroxylation is 1. The average Bonchev–Trinajstić information content (AvgIpc) is 2.28. The van der Waals surface area contributed by atoms with Gasteiger partial charge in [0.25, 0.3) is 0 Å². The van der Waals surface area contributed by atoms with Crippen molar-refractivity contribution in [3.63, 3.8) is 0 Å². The molecule has 0 spiro atoms. The third-order valence-corrected chi connectivity index (χ3v) is 2.52. The van der Waals surface area contributed by atoms with Crippen LogP contribution >= 0.6 is 0 Å². The second kappa shape index (κ2) is 4.46. The molecule has 1 aliphatic heterocycles. The molecule has 0 radical (unpaired) electrons. The Morgan fingerprint density at radius 2 is 2.25 bits per heavy atom. The standard InChI is InChI=1S/C10H16N6/c1-7-14-9-6-13-4-2-8(9)10(15-7)16(12)5-3-11/h3,5,13H,2,4,6,11-12H2,1H3/b5-3-. The number of nitrogens with two attached hydrogens (primary N) is 2. The number of hydrogen-bond donors (Lipinski definition) is 3. The van der Waals surface area contributed by atoms with Crippen LogP contribution in [0.5, 0.6) is 0 Å². The largest absolute Gasteiger partial charge is 0.403 e. The van der Waals surface area contributed by atoms with E-state index in [9.17, 15) is 0 Å². The summed E-state index contributed by atoms with van der Waals surface area (Å²) in [7, 11) is 0. The second-order valence-electron chi connectivity index (χ2n) is 3.70. The minimum absolute atomic E-state index is 0.721. The van der Waals surface area contributed by atoms with E-state index in [0.717, 1.165) is 42.4 Å². The predicted octanol–water partition coefficient (Wildman–Crippen LogP) is -0.459. The van der Waals surface area contributed by atoms with Crippen LogP contribution in [-0.2, 0) is 13.0 Å². The quantitative estimate of drug-likeness (QED) is 0.461. The molecular weight excluding hydrogens is 204 g/mol. The fraction of sp³-hybridized carbons (Fsp3) is 0.400. The molecule has 1 aromatic rings. The Labute approximate surface area is 94.3 Å². The van der Waals surface area contributed by atoms with Crippen LogP contribution in [0.25, 0.3) is 0 Å². The normalized spacial score (nSPS) is 15.1. The first-order chi connectivity index (χ1) is 7.72. The Balaban J connectivity index is 2.46. The molecule has 0 amide bonds. The van der Waals surface area contributed by atoms with Crippen molar-refractivity contribution >= 4 is 5.82 Å². The number of nitrogens with zero attached hydrogens (tertiary/aromatic N) is 3. The molecule has 6 nitrogen and oxygen atoms in total. The van der Waals surface area contributed by atoms with Crippen LogP contribution in [0.1, 0.15) is 17.1 Å². The van der Waals surface area contributed by atoms with Crippen molar-refractivity contribution in [1.29, 1.82) is 0 Å². The van der Waals surface area contributed by atoms with E-state index in [0.29, 0.717) is 0 Å². The summed E-state index contributed by atoms with van der Waals surface area (Å²) in [6.07, 6.45) is 3.87. The fourth-order valence-electron chi connectivity index (χ4n) is 1.84. The van der Waals surface area contributed by atoms with Gasteiger partial charge in [-0.2, -0.15) is 0 Å². The van der Waals surface area contributed by atoms with Crippen LogP contribution in [0, 0.1) is 6.92 Å². The van der Waals surface area contributed by atoms with Gasteiger partial charge in [-0.05, 0) is 19.9 Å². The monoisotopic (exact) mass is 220 g/mol. The lowest BCUT2D eigenvalue weighted by molar-refractivity contribution is 0.618. The molecule has 0 aliphatic carbocycles. The third-order valence-electron chi connectivity index (χ3n) is 2.52. The number of hydrogen-bond acceptors (Lipinski definition) is 6. The molecule has 2 heterocycles. The second-order valence-corrected chi connectivity index (χ2v) is 3.70. The van der Waals surface area contributed by atoms with Gasteiger partial charge in [-0.3, -0.25) is 5.01 Å². The lowest BCUT2D eigenvalue weighted by Gasteiger charge is -2.22. The molecule has 0 fully saturated rings. The van der Waals surface area contributed by atoms with E-state index in [1.165, 1.54) is 11.2 Å². The molecule has 2 rings (SSSR count). The maximum Gasteiger partial charge on any atom is 0.154 e. The topological polar surface area (TPSA) is 93.1 Å². The Morgan fingerprint density at radius 3 is 3.00 bits per heavy atom. The molecule has 0 bridgehead atoms. The third kappa shape index (κ3) is 1.98. The maximum atomic E-state index is 5.85. The van der Waals surface area contributed by atoms with E-state index < -0.39 is 0 Å². The van der Waals surface area contributed by atoms with E-state index in [4.69, 9.17) is 11.6 Å². The first-order valence-corrected chi connectivity index (χ1v) is 5.22. The Morgan fingerprint density at radius 1 is 1.44 bits per heavy atom. The number of fused-ring (bicyclic) bond motifs is 1. The lowest BCUT2D eigenvalue weighted by Crippen LogP contribution is -2.32. The van der Waals surface area contributed by atoms with Crippen molar-refractivity contribution in [2.45, 2.75) is 19.9 Å². The summed E-state index contributed by atoms with van der Waals surface area (Å²) in [5.41, 5.74) is 7.45. The summed E-state index contributed by atoms with van der Waals surface area (Å²) < 4.78 is 0. The number of aromatic nitrogens is 2. The summed E-state index contributed by atoms with van der Waals surface area (Å²) in [6.45, 7) is 3.55. The number of rotatable bonds is 2. The lowest BCUT2D eigenvalue weighted by atomic mass is 10.1. The molecule has 16 heavy (non-hydrogen) atoms. The van der Waals surface area contributed by atoms with Crippen LogP contribution in [0.4, 0.5) is 5.82 Å². The van der Waals surface area contributed by atoms with Crippen LogP contribution in [0.2, 0.25) is 0 Å². The van der Waals surface area contributed by atoms with Crippen LogP contribution < -0.4 is 21.9 Å². The van der Waals surface area contributed by atoms with Crippen LogP contribution in [0.15, 0.2) is 12.4 Å². The number of hydrazine groups is 1. The Kier molecular flexibility index (Phi) is 3.02. The summed E-state index contributed by atoms with van der Waals surface area (Å²) in [5, 5.41) is 4.72. The summed E-state index contributed by atoms with van der Waals surface area (Å²) in [4.78, 5) is 8.77. The molecule has 0 unspecified atom stereocenters. The molecule has 0 saturated heterocycles. The Hall–Kier alpha value is -1.66.